The molecular formula is C30H35N3O6S. The Bertz CT molecular complexity index is 1620. The first-order chi connectivity index (χ1) is 19.2. The molecule has 1 fully saturated rings. The molecule has 0 spiro atoms. The van der Waals surface area contributed by atoms with Crippen LogP contribution in [0.25, 0.3) is 10.9 Å². The Labute approximate surface area is 234 Å². The largest absolute Gasteiger partial charge is 0.496 e. The number of ether oxygens (including phenoxy) is 2. The van der Waals surface area contributed by atoms with E-state index in [1.165, 1.54) is 46.0 Å². The number of hydrogen-bond acceptors (Lipinski definition) is 6. The van der Waals surface area contributed by atoms with Crippen molar-refractivity contribution in [2.75, 3.05) is 28.3 Å². The normalized spacial score (nSPS) is 22.5. The molecule has 4 aliphatic rings. The summed E-state index contributed by atoms with van der Waals surface area (Å²) in [6.07, 6.45) is 10.3. The van der Waals surface area contributed by atoms with Gasteiger partial charge in [-0.3, -0.25) is 9.59 Å². The zero-order chi connectivity index (χ0) is 28.3. The van der Waals surface area contributed by atoms with Crippen LogP contribution >= 0.6 is 0 Å². The van der Waals surface area contributed by atoms with Crippen LogP contribution in [-0.2, 0) is 31.1 Å². The van der Waals surface area contributed by atoms with Crippen molar-refractivity contribution in [1.82, 2.24) is 13.6 Å². The summed E-state index contributed by atoms with van der Waals surface area (Å²) >= 11 is 0. The lowest BCUT2D eigenvalue weighted by Crippen LogP contribution is -2.39. The van der Waals surface area contributed by atoms with E-state index in [0.29, 0.717) is 24.5 Å². The number of carbonyl (C=O) groups is 2. The van der Waals surface area contributed by atoms with E-state index >= 15 is 0 Å². The lowest BCUT2D eigenvalue weighted by atomic mass is 9.76. The van der Waals surface area contributed by atoms with Crippen molar-refractivity contribution in [1.29, 1.82) is 0 Å². The molecule has 0 saturated heterocycles. The Morgan fingerprint density at radius 2 is 1.85 bits per heavy atom. The number of hydrogen-bond donors (Lipinski definition) is 1. The van der Waals surface area contributed by atoms with Crippen LogP contribution in [0.3, 0.4) is 0 Å². The van der Waals surface area contributed by atoms with Crippen molar-refractivity contribution in [2.45, 2.75) is 56.9 Å². The average molecular weight is 566 g/mol. The number of amides is 1. The topological polar surface area (TPSA) is 107 Å². The highest BCUT2D eigenvalue weighted by Crippen LogP contribution is 2.55. The van der Waals surface area contributed by atoms with Gasteiger partial charge in [-0.25, -0.2) is 4.72 Å². The van der Waals surface area contributed by atoms with Gasteiger partial charge in [0.25, 0.3) is 5.91 Å². The molecule has 1 amide bonds. The molecule has 1 unspecified atom stereocenters. The van der Waals surface area contributed by atoms with Crippen LogP contribution in [0.5, 0.6) is 5.75 Å². The SMILES string of the molecule is COC(=O)[C@@H]1CC=CC2=C3C(=C3C(=O)NS(=O)(=O)N(C)C)Cn3c(cc4c(OC)ccc(C5CCCCC5)c43)C21. The van der Waals surface area contributed by atoms with Gasteiger partial charge in [-0.1, -0.05) is 37.5 Å². The predicted octanol–water partition coefficient (Wildman–Crippen LogP) is 4.07. The third kappa shape index (κ3) is 4.19. The minimum atomic E-state index is -3.96. The Morgan fingerprint density at radius 1 is 1.10 bits per heavy atom. The maximum Gasteiger partial charge on any atom is 0.309 e. The Morgan fingerprint density at radius 3 is 2.52 bits per heavy atom. The highest BCUT2D eigenvalue weighted by atomic mass is 32.2. The summed E-state index contributed by atoms with van der Waals surface area (Å²) < 4.78 is 41.4. The molecule has 1 aliphatic heterocycles. The summed E-state index contributed by atoms with van der Waals surface area (Å²) in [6, 6.07) is 6.35. The molecule has 1 saturated carbocycles. The molecule has 212 valence electrons. The first-order valence-corrected chi connectivity index (χ1v) is 15.3. The van der Waals surface area contributed by atoms with Crippen molar-refractivity contribution in [3.8, 4) is 5.75 Å². The van der Waals surface area contributed by atoms with Gasteiger partial charge in [0.1, 0.15) is 5.75 Å². The van der Waals surface area contributed by atoms with Gasteiger partial charge in [0, 0.05) is 37.6 Å². The fourth-order valence-electron chi connectivity index (χ4n) is 6.91. The zero-order valence-corrected chi connectivity index (χ0v) is 24.1. The molecule has 1 aromatic heterocycles. The van der Waals surface area contributed by atoms with E-state index in [-0.39, 0.29) is 11.9 Å². The number of fused-ring (bicyclic) bond motifs is 6. The maximum atomic E-state index is 13.3. The number of nitrogens with zero attached hydrogens (tertiary/aromatic N) is 2. The second kappa shape index (κ2) is 9.92. The number of rotatable bonds is 6. The third-order valence-corrected chi connectivity index (χ3v) is 10.3. The van der Waals surface area contributed by atoms with Crippen LogP contribution in [0, 0.1) is 5.92 Å². The van der Waals surface area contributed by atoms with Gasteiger partial charge < -0.3 is 14.0 Å². The van der Waals surface area contributed by atoms with Gasteiger partial charge in [0.15, 0.2) is 0 Å². The lowest BCUT2D eigenvalue weighted by molar-refractivity contribution is -0.146. The van der Waals surface area contributed by atoms with Crippen molar-refractivity contribution in [2.24, 2.45) is 5.92 Å². The van der Waals surface area contributed by atoms with Crippen LogP contribution in [0.4, 0.5) is 0 Å². The number of aromatic nitrogens is 1. The molecule has 2 atom stereocenters. The number of nitrogens with one attached hydrogen (secondary N) is 1. The monoisotopic (exact) mass is 565 g/mol. The molecule has 0 radical (unpaired) electrons. The molecule has 1 aromatic carbocycles. The summed E-state index contributed by atoms with van der Waals surface area (Å²) in [5.41, 5.74) is 6.10. The van der Waals surface area contributed by atoms with E-state index in [0.717, 1.165) is 56.2 Å². The molecule has 1 N–H and O–H groups in total. The molecule has 10 heteroatoms. The van der Waals surface area contributed by atoms with E-state index in [4.69, 9.17) is 9.47 Å². The molecule has 0 bridgehead atoms. The molecular weight excluding hydrogens is 530 g/mol. The second-order valence-corrected chi connectivity index (χ2v) is 13.1. The molecule has 3 aliphatic carbocycles. The molecule has 2 heterocycles. The van der Waals surface area contributed by atoms with Gasteiger partial charge in [-0.05, 0) is 59.6 Å². The fraction of sp³-hybridized carbons (Fsp3) is 0.467. The average Bonchev–Trinajstić information content (AvgIpc) is 3.58. The fourth-order valence-corrected chi connectivity index (χ4v) is 7.43. The Hall–Kier alpha value is -3.37. The van der Waals surface area contributed by atoms with Gasteiger partial charge in [-0.15, -0.1) is 0 Å². The molecule has 40 heavy (non-hydrogen) atoms. The van der Waals surface area contributed by atoms with Crippen molar-refractivity contribution < 1.29 is 27.5 Å². The van der Waals surface area contributed by atoms with Gasteiger partial charge in [0.05, 0.1) is 31.2 Å². The quantitative estimate of drug-likeness (QED) is 0.529. The molecule has 9 nitrogen and oxygen atoms in total. The summed E-state index contributed by atoms with van der Waals surface area (Å²) in [7, 11) is 1.85. The number of carbonyl (C=O) groups excluding carboxylic acids is 2. The van der Waals surface area contributed by atoms with E-state index < -0.39 is 22.0 Å². The number of benzene rings is 1. The van der Waals surface area contributed by atoms with Crippen molar-refractivity contribution in [3.63, 3.8) is 0 Å². The highest BCUT2D eigenvalue weighted by molar-refractivity contribution is 7.87. The van der Waals surface area contributed by atoms with Gasteiger partial charge in [-0.2, -0.15) is 12.7 Å². The number of allylic oxidation sites excluding steroid dienone is 4. The maximum absolute atomic E-state index is 13.3. The zero-order valence-electron chi connectivity index (χ0n) is 23.3. The standard InChI is InChI=1S/C30H35N3O6S/c1-32(2)40(36,37)31-29(34)27-22-16-33-23(25-19(26(22)27)11-8-12-20(25)30(35)39-4)15-21-24(38-3)14-13-18(28(21)33)17-9-6-5-7-10-17/h8,11,13-15,17,20,25H,5-7,9-10,12,16H2,1-4H3,(H,31,34)/t20-,25?/m1/s1. The first kappa shape index (κ1) is 26.8. The van der Waals surface area contributed by atoms with Crippen LogP contribution in [0.1, 0.15) is 61.6 Å². The minimum absolute atomic E-state index is 0.311. The van der Waals surface area contributed by atoms with Crippen LogP contribution in [0.15, 0.2) is 52.6 Å². The number of methoxy groups -OCH3 is 2. The van der Waals surface area contributed by atoms with Crippen molar-refractivity contribution >= 4 is 33.0 Å². The van der Waals surface area contributed by atoms with E-state index in [1.54, 1.807) is 7.11 Å². The summed E-state index contributed by atoms with van der Waals surface area (Å²) in [4.78, 5) is 26.4. The Balaban J connectivity index is 1.57. The van der Waals surface area contributed by atoms with E-state index in [2.05, 4.69) is 21.4 Å². The number of esters is 1. The molecule has 6 rings (SSSR count). The lowest BCUT2D eigenvalue weighted by Gasteiger charge is -2.29. The Kier molecular flexibility index (Phi) is 6.65. The second-order valence-electron chi connectivity index (χ2n) is 11.3. The van der Waals surface area contributed by atoms with E-state index in [1.807, 2.05) is 18.2 Å². The predicted molar refractivity (Wildman–Crippen MR) is 151 cm³/mol. The van der Waals surface area contributed by atoms with E-state index in [9.17, 15) is 18.0 Å². The highest BCUT2D eigenvalue weighted by Gasteiger charge is 2.47. The van der Waals surface area contributed by atoms with Crippen LogP contribution < -0.4 is 9.46 Å². The molecule has 2 aromatic rings. The van der Waals surface area contributed by atoms with Gasteiger partial charge in [0.2, 0.25) is 0 Å². The van der Waals surface area contributed by atoms with Crippen LogP contribution in [0.2, 0.25) is 0 Å². The third-order valence-electron chi connectivity index (χ3n) is 8.92. The summed E-state index contributed by atoms with van der Waals surface area (Å²) in [5, 5.41) is 0.990. The minimum Gasteiger partial charge on any atom is -0.496 e. The smallest absolute Gasteiger partial charge is 0.309 e. The first-order valence-electron chi connectivity index (χ1n) is 13.8. The van der Waals surface area contributed by atoms with Gasteiger partial charge >= 0.3 is 16.2 Å². The summed E-state index contributed by atoms with van der Waals surface area (Å²) in [6.45, 7) is 0.410. The van der Waals surface area contributed by atoms with Crippen molar-refractivity contribution in [3.05, 3.63) is 63.9 Å². The summed E-state index contributed by atoms with van der Waals surface area (Å²) in [5.74, 6) is -0.601. The van der Waals surface area contributed by atoms with Crippen LogP contribution in [-0.4, -0.2) is 57.5 Å².